The van der Waals surface area contributed by atoms with Crippen LogP contribution in [0.2, 0.25) is 10.0 Å². The molecule has 1 aromatic carbocycles. The van der Waals surface area contributed by atoms with Crippen LogP contribution >= 0.6 is 23.2 Å². The van der Waals surface area contributed by atoms with Crippen molar-refractivity contribution in [2.45, 2.75) is 20.0 Å². The number of aryl methyl sites for hydroxylation is 1. The lowest BCUT2D eigenvalue weighted by molar-refractivity contribution is -0.153. The van der Waals surface area contributed by atoms with Crippen molar-refractivity contribution in [3.8, 4) is 5.75 Å². The maximum atomic E-state index is 11.9. The third-order valence-electron chi connectivity index (χ3n) is 2.77. The summed E-state index contributed by atoms with van der Waals surface area (Å²) in [6, 6.07) is 6.14. The molecule has 1 heterocycles. The lowest BCUT2D eigenvalue weighted by atomic mass is 10.3. The minimum absolute atomic E-state index is 0.241. The first-order valence-corrected chi connectivity index (χ1v) is 7.62. The maximum absolute atomic E-state index is 11.9. The Kier molecular flexibility index (Phi) is 6.05. The Labute approximate surface area is 147 Å². The first-order valence-electron chi connectivity index (χ1n) is 6.86. The van der Waals surface area contributed by atoms with Gasteiger partial charge in [0.05, 0.1) is 5.02 Å². The van der Waals surface area contributed by atoms with E-state index < -0.39 is 24.6 Å². The number of rotatable bonds is 6. The summed E-state index contributed by atoms with van der Waals surface area (Å²) in [4.78, 5) is 23.5. The Balaban J connectivity index is 1.81. The number of ether oxygens (including phenoxy) is 2. The zero-order valence-corrected chi connectivity index (χ0v) is 14.4. The average molecular weight is 373 g/mol. The molecule has 128 valence electrons. The van der Waals surface area contributed by atoms with Crippen LogP contribution in [-0.4, -0.2) is 29.7 Å². The highest BCUT2D eigenvalue weighted by Crippen LogP contribution is 2.28. The summed E-state index contributed by atoms with van der Waals surface area (Å²) in [5, 5.41) is 6.73. The second kappa shape index (κ2) is 8.03. The van der Waals surface area contributed by atoms with Gasteiger partial charge < -0.3 is 19.3 Å². The fraction of sp³-hybridized carbons (Fsp3) is 0.267. The third-order valence-corrected chi connectivity index (χ3v) is 3.30. The molecule has 1 amide bonds. The molecule has 0 saturated carbocycles. The van der Waals surface area contributed by atoms with Crippen LogP contribution in [-0.2, 0) is 14.3 Å². The molecule has 0 aliphatic rings. The molecule has 0 aliphatic heterocycles. The molecule has 9 heteroatoms. The van der Waals surface area contributed by atoms with Gasteiger partial charge in [0.25, 0.3) is 5.91 Å². The summed E-state index contributed by atoms with van der Waals surface area (Å²) < 4.78 is 15.1. The molecule has 1 aromatic heterocycles. The lowest BCUT2D eigenvalue weighted by Crippen LogP contribution is -2.29. The fourth-order valence-electron chi connectivity index (χ4n) is 1.67. The summed E-state index contributed by atoms with van der Waals surface area (Å²) in [6.45, 7) is 2.68. The molecule has 1 unspecified atom stereocenters. The van der Waals surface area contributed by atoms with Gasteiger partial charge in [0.15, 0.2) is 18.5 Å². The third kappa shape index (κ3) is 5.14. The van der Waals surface area contributed by atoms with E-state index in [4.69, 9.17) is 37.2 Å². The van der Waals surface area contributed by atoms with Gasteiger partial charge in [-0.2, -0.15) is 0 Å². The molecule has 1 N–H and O–H groups in total. The number of nitrogens with zero attached hydrogens (tertiary/aromatic N) is 1. The molecule has 2 rings (SSSR count). The van der Waals surface area contributed by atoms with Gasteiger partial charge in [0.2, 0.25) is 0 Å². The van der Waals surface area contributed by atoms with Crippen LogP contribution in [0, 0.1) is 6.92 Å². The van der Waals surface area contributed by atoms with Crippen molar-refractivity contribution in [1.29, 1.82) is 0 Å². The number of esters is 1. The zero-order chi connectivity index (χ0) is 17.7. The number of nitrogens with one attached hydrogen (secondary N) is 1. The van der Waals surface area contributed by atoms with Crippen LogP contribution in [0.5, 0.6) is 5.75 Å². The molecule has 0 fully saturated rings. The summed E-state index contributed by atoms with van der Waals surface area (Å²) in [7, 11) is 0. The number of carbonyl (C=O) groups excluding carboxylic acids is 2. The van der Waals surface area contributed by atoms with Crippen LogP contribution in [0.25, 0.3) is 0 Å². The van der Waals surface area contributed by atoms with Crippen molar-refractivity contribution < 1.29 is 23.6 Å². The number of anilines is 1. The van der Waals surface area contributed by atoms with Crippen LogP contribution in [0.4, 0.5) is 5.82 Å². The quantitative estimate of drug-likeness (QED) is 0.782. The second-order valence-corrected chi connectivity index (χ2v) is 5.66. The van der Waals surface area contributed by atoms with Crippen molar-refractivity contribution in [2.24, 2.45) is 0 Å². The lowest BCUT2D eigenvalue weighted by Gasteiger charge is -2.14. The Bertz CT molecular complexity index is 747. The normalized spacial score (nSPS) is 11.7. The zero-order valence-electron chi connectivity index (χ0n) is 12.8. The van der Waals surface area contributed by atoms with E-state index in [9.17, 15) is 9.59 Å². The minimum atomic E-state index is -0.953. The van der Waals surface area contributed by atoms with Gasteiger partial charge in [0.1, 0.15) is 11.5 Å². The number of carbonyl (C=O) groups is 2. The molecule has 0 bridgehead atoms. The number of hydrogen-bond acceptors (Lipinski definition) is 6. The first-order chi connectivity index (χ1) is 11.3. The smallest absolute Gasteiger partial charge is 0.347 e. The molecule has 1 atom stereocenters. The maximum Gasteiger partial charge on any atom is 0.347 e. The Morgan fingerprint density at radius 3 is 2.71 bits per heavy atom. The monoisotopic (exact) mass is 372 g/mol. The van der Waals surface area contributed by atoms with Crippen LogP contribution < -0.4 is 10.1 Å². The number of aromatic nitrogens is 1. The predicted molar refractivity (Wildman–Crippen MR) is 87.4 cm³/mol. The molecule has 0 spiro atoms. The highest BCUT2D eigenvalue weighted by molar-refractivity contribution is 6.35. The molecule has 0 saturated heterocycles. The van der Waals surface area contributed by atoms with Gasteiger partial charge in [-0.25, -0.2) is 4.79 Å². The number of amides is 1. The van der Waals surface area contributed by atoms with Crippen molar-refractivity contribution in [3.05, 3.63) is 40.1 Å². The number of halogens is 2. The largest absolute Gasteiger partial charge is 0.477 e. The van der Waals surface area contributed by atoms with E-state index in [-0.39, 0.29) is 16.6 Å². The minimum Gasteiger partial charge on any atom is -0.477 e. The van der Waals surface area contributed by atoms with Crippen molar-refractivity contribution in [3.63, 3.8) is 0 Å². The molecule has 0 aliphatic carbocycles. The molecule has 7 nitrogen and oxygen atoms in total. The van der Waals surface area contributed by atoms with E-state index in [2.05, 4.69) is 10.5 Å². The SMILES string of the molecule is Cc1cc(NC(=O)COC(=O)C(C)Oc2ccc(Cl)cc2Cl)no1. The summed E-state index contributed by atoms with van der Waals surface area (Å²) in [6.07, 6.45) is -0.953. The van der Waals surface area contributed by atoms with Gasteiger partial charge in [-0.05, 0) is 32.0 Å². The number of hydrogen-bond donors (Lipinski definition) is 1. The Morgan fingerprint density at radius 1 is 1.33 bits per heavy atom. The van der Waals surface area contributed by atoms with E-state index in [0.29, 0.717) is 10.8 Å². The Hall–Kier alpha value is -2.25. The van der Waals surface area contributed by atoms with E-state index in [1.165, 1.54) is 25.1 Å². The van der Waals surface area contributed by atoms with Crippen molar-refractivity contribution in [2.75, 3.05) is 11.9 Å². The van der Waals surface area contributed by atoms with Crippen molar-refractivity contribution in [1.82, 2.24) is 5.16 Å². The van der Waals surface area contributed by atoms with E-state index >= 15 is 0 Å². The van der Waals surface area contributed by atoms with E-state index in [0.717, 1.165) is 0 Å². The molecular weight excluding hydrogens is 359 g/mol. The topological polar surface area (TPSA) is 90.7 Å². The molecule has 2 aromatic rings. The molecule has 24 heavy (non-hydrogen) atoms. The van der Waals surface area contributed by atoms with Crippen LogP contribution in [0.3, 0.4) is 0 Å². The standard InChI is InChI=1S/C15H14Cl2N2O5/c1-8-5-13(19-24-8)18-14(20)7-22-15(21)9(2)23-12-4-3-10(16)6-11(12)17/h3-6,9H,7H2,1-2H3,(H,18,19,20). The van der Waals surface area contributed by atoms with E-state index in [1.807, 2.05) is 0 Å². The van der Waals surface area contributed by atoms with Gasteiger partial charge >= 0.3 is 5.97 Å². The number of benzene rings is 1. The Morgan fingerprint density at radius 2 is 2.08 bits per heavy atom. The molecule has 0 radical (unpaired) electrons. The van der Waals surface area contributed by atoms with Gasteiger partial charge in [-0.3, -0.25) is 4.79 Å². The van der Waals surface area contributed by atoms with Crippen LogP contribution in [0.15, 0.2) is 28.8 Å². The second-order valence-electron chi connectivity index (χ2n) is 4.81. The van der Waals surface area contributed by atoms with E-state index in [1.54, 1.807) is 13.0 Å². The highest BCUT2D eigenvalue weighted by Gasteiger charge is 2.19. The first kappa shape index (κ1) is 18.1. The molecular formula is C15H14Cl2N2O5. The van der Waals surface area contributed by atoms with Gasteiger partial charge in [-0.15, -0.1) is 0 Å². The predicted octanol–water partition coefficient (Wildman–Crippen LogP) is 3.24. The summed E-state index contributed by atoms with van der Waals surface area (Å²) in [5.74, 6) is -0.191. The fourth-order valence-corrected chi connectivity index (χ4v) is 2.12. The highest BCUT2D eigenvalue weighted by atomic mass is 35.5. The van der Waals surface area contributed by atoms with Crippen molar-refractivity contribution >= 4 is 40.9 Å². The summed E-state index contributed by atoms with van der Waals surface area (Å²) in [5.41, 5.74) is 0. The summed E-state index contributed by atoms with van der Waals surface area (Å²) >= 11 is 11.7. The van der Waals surface area contributed by atoms with Gasteiger partial charge in [-0.1, -0.05) is 28.4 Å². The van der Waals surface area contributed by atoms with Gasteiger partial charge in [0, 0.05) is 11.1 Å². The van der Waals surface area contributed by atoms with Crippen LogP contribution in [0.1, 0.15) is 12.7 Å². The average Bonchev–Trinajstić information content (AvgIpc) is 2.92.